The first-order valence-corrected chi connectivity index (χ1v) is 8.58. The molecule has 0 amide bonds. The molecule has 0 fully saturated rings. The molecule has 2 heterocycles. The number of thioether (sulfide) groups is 1. The molecular formula is C14H15N3O2S2. The van der Waals surface area contributed by atoms with Crippen LogP contribution in [0.3, 0.4) is 0 Å². The Morgan fingerprint density at radius 2 is 2.19 bits per heavy atom. The van der Waals surface area contributed by atoms with Crippen molar-refractivity contribution in [1.82, 2.24) is 10.2 Å². The molecule has 1 N–H and O–H groups in total. The van der Waals surface area contributed by atoms with Gasteiger partial charge in [-0.25, -0.2) is 0 Å². The maximum atomic E-state index is 10.6. The van der Waals surface area contributed by atoms with E-state index in [0.717, 1.165) is 24.5 Å². The average molecular weight is 321 g/mol. The van der Waals surface area contributed by atoms with Crippen LogP contribution in [0.25, 0.3) is 0 Å². The second-order valence-corrected chi connectivity index (χ2v) is 6.95. The number of carboxylic acid groups (broad SMARTS) is 1. The van der Waals surface area contributed by atoms with Crippen LogP contribution in [-0.4, -0.2) is 33.6 Å². The van der Waals surface area contributed by atoms with Crippen LogP contribution in [-0.2, 0) is 11.2 Å². The zero-order chi connectivity index (χ0) is 14.7. The van der Waals surface area contributed by atoms with Crippen LogP contribution in [0, 0.1) is 0 Å². The lowest BCUT2D eigenvalue weighted by Gasteiger charge is -2.21. The molecule has 1 aromatic carbocycles. The van der Waals surface area contributed by atoms with E-state index in [9.17, 15) is 4.79 Å². The van der Waals surface area contributed by atoms with E-state index in [1.54, 1.807) is 0 Å². The second kappa shape index (κ2) is 6.44. The third kappa shape index (κ3) is 3.36. The van der Waals surface area contributed by atoms with Gasteiger partial charge in [-0.15, -0.1) is 10.2 Å². The molecule has 0 atom stereocenters. The van der Waals surface area contributed by atoms with Gasteiger partial charge in [-0.3, -0.25) is 4.79 Å². The number of nitrogens with zero attached hydrogens (tertiary/aromatic N) is 3. The van der Waals surface area contributed by atoms with Crippen LogP contribution >= 0.6 is 23.1 Å². The number of aromatic nitrogens is 2. The van der Waals surface area contributed by atoms with Crippen molar-refractivity contribution in [3.05, 3.63) is 29.8 Å². The summed E-state index contributed by atoms with van der Waals surface area (Å²) in [4.78, 5) is 12.8. The van der Waals surface area contributed by atoms with Crippen molar-refractivity contribution >= 4 is 39.9 Å². The van der Waals surface area contributed by atoms with Gasteiger partial charge in [0.25, 0.3) is 0 Å². The molecule has 21 heavy (non-hydrogen) atoms. The molecule has 0 spiro atoms. The highest BCUT2D eigenvalue weighted by Crippen LogP contribution is 2.36. The van der Waals surface area contributed by atoms with Gasteiger partial charge >= 0.3 is 5.97 Å². The van der Waals surface area contributed by atoms with Gasteiger partial charge < -0.3 is 10.0 Å². The molecule has 5 nitrogen and oxygen atoms in total. The number of hydrogen-bond donors (Lipinski definition) is 1. The van der Waals surface area contributed by atoms with Crippen LogP contribution < -0.4 is 4.90 Å². The molecule has 0 bridgehead atoms. The Labute approximate surface area is 131 Å². The average Bonchev–Trinajstić information content (AvgIpc) is 2.84. The van der Waals surface area contributed by atoms with E-state index in [-0.39, 0.29) is 5.75 Å². The Kier molecular flexibility index (Phi) is 4.40. The van der Waals surface area contributed by atoms with E-state index < -0.39 is 5.97 Å². The summed E-state index contributed by atoms with van der Waals surface area (Å²) in [6.45, 7) is 0.926. The molecular weight excluding hydrogens is 306 g/mol. The number of benzene rings is 1. The number of para-hydroxylation sites is 1. The number of hydrogen-bond acceptors (Lipinski definition) is 6. The van der Waals surface area contributed by atoms with Crippen LogP contribution in [0.2, 0.25) is 0 Å². The Bertz CT molecular complexity index is 645. The third-order valence-corrected chi connectivity index (χ3v) is 5.37. The predicted molar refractivity (Wildman–Crippen MR) is 84.7 cm³/mol. The highest BCUT2D eigenvalue weighted by atomic mass is 32.2. The van der Waals surface area contributed by atoms with Gasteiger partial charge in [-0.2, -0.15) is 0 Å². The van der Waals surface area contributed by atoms with Crippen molar-refractivity contribution in [2.24, 2.45) is 0 Å². The topological polar surface area (TPSA) is 66.3 Å². The summed E-state index contributed by atoms with van der Waals surface area (Å²) in [6.07, 6.45) is 3.38. The van der Waals surface area contributed by atoms with Crippen molar-refractivity contribution in [2.75, 3.05) is 17.2 Å². The first-order valence-electron chi connectivity index (χ1n) is 6.77. The Hall–Kier alpha value is -1.60. The van der Waals surface area contributed by atoms with Crippen LogP contribution in [0.15, 0.2) is 28.6 Å². The van der Waals surface area contributed by atoms with Crippen LogP contribution in [0.1, 0.15) is 18.4 Å². The Balaban J connectivity index is 1.84. The molecule has 0 saturated carbocycles. The molecule has 2 aromatic rings. The van der Waals surface area contributed by atoms with Gasteiger partial charge in [0.1, 0.15) is 0 Å². The maximum absolute atomic E-state index is 10.6. The highest BCUT2D eigenvalue weighted by Gasteiger charge is 2.20. The van der Waals surface area contributed by atoms with Gasteiger partial charge in [-0.1, -0.05) is 41.3 Å². The van der Waals surface area contributed by atoms with Crippen LogP contribution in [0.5, 0.6) is 0 Å². The van der Waals surface area contributed by atoms with Crippen LogP contribution in [0.4, 0.5) is 10.8 Å². The lowest BCUT2D eigenvalue weighted by Crippen LogP contribution is -2.17. The minimum atomic E-state index is -0.836. The largest absolute Gasteiger partial charge is 0.481 e. The molecule has 3 rings (SSSR count). The van der Waals surface area contributed by atoms with E-state index in [0.29, 0.717) is 4.34 Å². The van der Waals surface area contributed by atoms with Gasteiger partial charge in [0, 0.05) is 12.2 Å². The number of aliphatic carboxylic acids is 1. The van der Waals surface area contributed by atoms with Gasteiger partial charge in [0.2, 0.25) is 5.13 Å². The third-order valence-electron chi connectivity index (χ3n) is 3.31. The quantitative estimate of drug-likeness (QED) is 0.872. The molecule has 0 unspecified atom stereocenters. The molecule has 0 saturated heterocycles. The summed E-state index contributed by atoms with van der Waals surface area (Å²) in [5, 5.41) is 17.9. The van der Waals surface area contributed by atoms with E-state index in [1.165, 1.54) is 40.8 Å². The summed E-state index contributed by atoms with van der Waals surface area (Å²) in [7, 11) is 0. The lowest BCUT2D eigenvalue weighted by atomic mass is 10.1. The fourth-order valence-electron chi connectivity index (χ4n) is 2.38. The summed E-state index contributed by atoms with van der Waals surface area (Å²) in [6, 6.07) is 8.38. The number of carbonyl (C=O) groups is 1. The van der Waals surface area contributed by atoms with Crippen molar-refractivity contribution in [3.8, 4) is 0 Å². The monoisotopic (exact) mass is 321 g/mol. The molecule has 1 aromatic heterocycles. The number of fused-ring (bicyclic) bond motifs is 1. The Morgan fingerprint density at radius 3 is 3.05 bits per heavy atom. The standard InChI is InChI=1S/C14H15N3O2S2/c18-12(19)9-20-14-16-15-13(21-14)17-8-4-3-6-10-5-1-2-7-11(10)17/h1-2,5,7H,3-4,6,8-9H2,(H,18,19). The molecule has 7 heteroatoms. The summed E-state index contributed by atoms with van der Waals surface area (Å²) >= 11 is 2.68. The van der Waals surface area contributed by atoms with Crippen molar-refractivity contribution in [2.45, 2.75) is 23.6 Å². The van der Waals surface area contributed by atoms with E-state index in [2.05, 4.69) is 33.3 Å². The number of carboxylic acids is 1. The molecule has 1 aliphatic rings. The molecule has 1 aliphatic heterocycles. The fourth-order valence-corrected chi connectivity index (χ4v) is 3.98. The lowest BCUT2D eigenvalue weighted by molar-refractivity contribution is -0.133. The van der Waals surface area contributed by atoms with Gasteiger partial charge in [0.05, 0.1) is 5.75 Å². The second-order valence-electron chi connectivity index (χ2n) is 4.77. The van der Waals surface area contributed by atoms with Crippen molar-refractivity contribution in [3.63, 3.8) is 0 Å². The molecule has 0 radical (unpaired) electrons. The maximum Gasteiger partial charge on any atom is 0.313 e. The fraction of sp³-hybridized carbons (Fsp3) is 0.357. The smallest absolute Gasteiger partial charge is 0.313 e. The molecule has 0 aliphatic carbocycles. The normalized spacial score (nSPS) is 14.6. The summed E-state index contributed by atoms with van der Waals surface area (Å²) in [5.74, 6) is -0.817. The highest BCUT2D eigenvalue weighted by molar-refractivity contribution is 8.01. The number of anilines is 2. The van der Waals surface area contributed by atoms with Gasteiger partial charge in [-0.05, 0) is 30.9 Å². The first kappa shape index (κ1) is 14.3. The zero-order valence-corrected chi connectivity index (χ0v) is 13.0. The van der Waals surface area contributed by atoms with Crippen molar-refractivity contribution < 1.29 is 9.90 Å². The SMILES string of the molecule is O=C(O)CSc1nnc(N2CCCCc3ccccc32)s1. The summed E-state index contributed by atoms with van der Waals surface area (Å²) < 4.78 is 0.703. The zero-order valence-electron chi connectivity index (χ0n) is 11.4. The number of rotatable bonds is 4. The minimum Gasteiger partial charge on any atom is -0.481 e. The Morgan fingerprint density at radius 1 is 1.33 bits per heavy atom. The van der Waals surface area contributed by atoms with E-state index in [4.69, 9.17) is 5.11 Å². The predicted octanol–water partition coefficient (Wildman–Crippen LogP) is 3.19. The van der Waals surface area contributed by atoms with Gasteiger partial charge in [0.15, 0.2) is 4.34 Å². The summed E-state index contributed by atoms with van der Waals surface area (Å²) in [5.41, 5.74) is 2.53. The van der Waals surface area contributed by atoms with E-state index in [1.807, 2.05) is 6.07 Å². The van der Waals surface area contributed by atoms with E-state index >= 15 is 0 Å². The molecule has 110 valence electrons. The van der Waals surface area contributed by atoms with Crippen molar-refractivity contribution in [1.29, 1.82) is 0 Å². The minimum absolute atomic E-state index is 0.0191. The first-order chi connectivity index (χ1) is 10.2. The number of aryl methyl sites for hydroxylation is 1.